The lowest BCUT2D eigenvalue weighted by Gasteiger charge is -2.45. The Morgan fingerprint density at radius 3 is 0.836 bits per heavy atom. The average molecular weight is 949 g/mol. The third kappa shape index (κ3) is 8.51. The summed E-state index contributed by atoms with van der Waals surface area (Å²) < 4.78 is 0. The fourth-order valence-electron chi connectivity index (χ4n) is 11.4. The van der Waals surface area contributed by atoms with E-state index in [1.54, 1.807) is 0 Å². The van der Waals surface area contributed by atoms with Gasteiger partial charge in [0.2, 0.25) is 0 Å². The van der Waals surface area contributed by atoms with E-state index in [0.29, 0.717) is 0 Å². The average Bonchev–Trinajstić information content (AvgIpc) is 3.37. The standard InChI is InChI=1S/C70H69BN2/c1-67(2,3)50-28-17-24-46(42-50)54-32-21-33-55(47-25-18-29-51(43-47)68(4,5)6)65(54)72-60-38-15-13-36-58(60)71-59-37-14-16-39-61(59)73(63-41-23-40-62(72)64(63)71)66-56(48-26-19-30-52(44-48)69(7,8)9)34-22-35-57(66)49-27-20-31-53(45-49)70(10,11)12/h13-45H,1-12H3. The third-order valence-electron chi connectivity index (χ3n) is 15.5. The molecule has 0 bridgehead atoms. The second-order valence-corrected chi connectivity index (χ2v) is 24.7. The van der Waals surface area contributed by atoms with Gasteiger partial charge in [0.15, 0.2) is 0 Å². The molecule has 2 heterocycles. The lowest BCUT2D eigenvalue weighted by Crippen LogP contribution is -2.61. The molecule has 0 N–H and O–H groups in total. The van der Waals surface area contributed by atoms with E-state index in [9.17, 15) is 0 Å². The van der Waals surface area contributed by atoms with E-state index in [-0.39, 0.29) is 28.4 Å². The molecular formula is C70H69BN2. The molecule has 73 heavy (non-hydrogen) atoms. The maximum Gasteiger partial charge on any atom is 0.252 e. The maximum atomic E-state index is 2.63. The van der Waals surface area contributed by atoms with E-state index < -0.39 is 0 Å². The van der Waals surface area contributed by atoms with Gasteiger partial charge in [-0.25, -0.2) is 0 Å². The van der Waals surface area contributed by atoms with Gasteiger partial charge >= 0.3 is 0 Å². The minimum atomic E-state index is -0.0214. The molecule has 0 radical (unpaired) electrons. The Labute approximate surface area is 436 Å². The highest BCUT2D eigenvalue weighted by molar-refractivity contribution is 7.00. The van der Waals surface area contributed by atoms with Gasteiger partial charge in [0, 0.05) is 45.0 Å². The van der Waals surface area contributed by atoms with Crippen molar-refractivity contribution in [1.29, 1.82) is 0 Å². The second kappa shape index (κ2) is 17.7. The fraction of sp³-hybridized carbons (Fsp3) is 0.229. The van der Waals surface area contributed by atoms with Crippen molar-refractivity contribution in [3.8, 4) is 44.5 Å². The van der Waals surface area contributed by atoms with Crippen molar-refractivity contribution < 1.29 is 0 Å². The Kier molecular flexibility index (Phi) is 11.6. The van der Waals surface area contributed by atoms with Crippen LogP contribution in [0.4, 0.5) is 34.1 Å². The van der Waals surface area contributed by atoms with Crippen molar-refractivity contribution in [2.75, 3.05) is 9.80 Å². The molecule has 0 spiro atoms. The molecule has 362 valence electrons. The number of para-hydroxylation sites is 4. The van der Waals surface area contributed by atoms with E-state index >= 15 is 0 Å². The normalized spacial score (nSPS) is 13.4. The van der Waals surface area contributed by atoms with Gasteiger partial charge < -0.3 is 9.80 Å². The highest BCUT2D eigenvalue weighted by atomic mass is 15.2. The molecule has 2 nitrogen and oxygen atoms in total. The first-order valence-electron chi connectivity index (χ1n) is 26.4. The van der Waals surface area contributed by atoms with Crippen molar-refractivity contribution in [3.63, 3.8) is 0 Å². The molecule has 9 aromatic rings. The quantitative estimate of drug-likeness (QED) is 0.153. The van der Waals surface area contributed by atoms with Gasteiger partial charge in [0.1, 0.15) is 0 Å². The van der Waals surface area contributed by atoms with E-state index in [4.69, 9.17) is 0 Å². The molecule has 0 aromatic heterocycles. The maximum absolute atomic E-state index is 2.63. The Morgan fingerprint density at radius 1 is 0.274 bits per heavy atom. The van der Waals surface area contributed by atoms with Crippen molar-refractivity contribution in [1.82, 2.24) is 0 Å². The predicted octanol–water partition coefficient (Wildman–Crippen LogP) is 17.6. The highest BCUT2D eigenvalue weighted by Gasteiger charge is 2.44. The van der Waals surface area contributed by atoms with Gasteiger partial charge in [-0.3, -0.25) is 0 Å². The van der Waals surface area contributed by atoms with Crippen molar-refractivity contribution in [2.45, 2.75) is 105 Å². The second-order valence-electron chi connectivity index (χ2n) is 24.7. The minimum Gasteiger partial charge on any atom is -0.310 e. The van der Waals surface area contributed by atoms with Crippen molar-refractivity contribution in [2.24, 2.45) is 0 Å². The summed E-state index contributed by atoms with van der Waals surface area (Å²) in [7, 11) is 0. The molecule has 0 atom stereocenters. The zero-order valence-electron chi connectivity index (χ0n) is 45.0. The molecule has 9 aromatic carbocycles. The van der Waals surface area contributed by atoms with Crippen LogP contribution in [-0.4, -0.2) is 6.71 Å². The molecule has 2 aliphatic rings. The van der Waals surface area contributed by atoms with E-state index in [1.165, 1.54) is 117 Å². The molecular weight excluding hydrogens is 880 g/mol. The van der Waals surface area contributed by atoms with Crippen LogP contribution >= 0.6 is 0 Å². The number of nitrogens with zero attached hydrogens (tertiary/aromatic N) is 2. The molecule has 0 unspecified atom stereocenters. The van der Waals surface area contributed by atoms with E-state index in [1.807, 2.05) is 0 Å². The first-order chi connectivity index (χ1) is 34.8. The minimum absolute atomic E-state index is 0.0146. The Hall–Kier alpha value is -7.36. The van der Waals surface area contributed by atoms with Crippen LogP contribution in [0.5, 0.6) is 0 Å². The Morgan fingerprint density at radius 2 is 0.534 bits per heavy atom. The summed E-state index contributed by atoms with van der Waals surface area (Å²) >= 11 is 0. The van der Waals surface area contributed by atoms with Crippen LogP contribution in [0.1, 0.15) is 105 Å². The lowest BCUT2D eigenvalue weighted by molar-refractivity contribution is 0.590. The molecule has 2 aliphatic heterocycles. The number of hydrogen-bond acceptors (Lipinski definition) is 2. The highest BCUT2D eigenvalue weighted by Crippen LogP contribution is 2.53. The van der Waals surface area contributed by atoms with E-state index in [2.05, 4.69) is 293 Å². The zero-order valence-corrected chi connectivity index (χ0v) is 45.0. The van der Waals surface area contributed by atoms with Gasteiger partial charge in [0.25, 0.3) is 6.71 Å². The number of anilines is 6. The Balaban J connectivity index is 1.24. The number of benzene rings is 9. The largest absolute Gasteiger partial charge is 0.310 e. The SMILES string of the molecule is CC(C)(C)c1cccc(-c2cccc(-c3cccc(C(C)(C)C)c3)c2N2c3ccccc3B3c4ccccc4N(c4c(-c5cccc(C(C)(C)C)c5)cccc4-c4cccc(C(C)(C)C)c4)c4cccc2c43)c1. The van der Waals surface area contributed by atoms with Crippen LogP contribution < -0.4 is 26.2 Å². The van der Waals surface area contributed by atoms with Gasteiger partial charge in [-0.05, 0) is 107 Å². The summed E-state index contributed by atoms with van der Waals surface area (Å²) in [6.07, 6.45) is 0. The van der Waals surface area contributed by atoms with Crippen molar-refractivity contribution in [3.05, 3.63) is 222 Å². The van der Waals surface area contributed by atoms with Crippen LogP contribution in [-0.2, 0) is 21.7 Å². The summed E-state index contributed by atoms with van der Waals surface area (Å²) in [5.41, 5.74) is 25.9. The number of fused-ring (bicyclic) bond motifs is 4. The molecule has 0 aliphatic carbocycles. The fourth-order valence-corrected chi connectivity index (χ4v) is 11.4. The summed E-state index contributed by atoms with van der Waals surface area (Å²) in [6.45, 7) is 27.8. The summed E-state index contributed by atoms with van der Waals surface area (Å²) in [5.74, 6) is 0. The first-order valence-corrected chi connectivity index (χ1v) is 26.4. The van der Waals surface area contributed by atoms with Crippen LogP contribution in [0.25, 0.3) is 44.5 Å². The summed E-state index contributed by atoms with van der Waals surface area (Å²) in [4.78, 5) is 5.25. The molecule has 3 heteroatoms. The number of hydrogen-bond donors (Lipinski definition) is 0. The van der Waals surface area contributed by atoms with Gasteiger partial charge in [-0.2, -0.15) is 0 Å². The molecule has 0 saturated carbocycles. The smallest absolute Gasteiger partial charge is 0.252 e. The lowest BCUT2D eigenvalue weighted by atomic mass is 9.33. The van der Waals surface area contributed by atoms with Crippen LogP contribution in [0.2, 0.25) is 0 Å². The van der Waals surface area contributed by atoms with Gasteiger partial charge in [0.05, 0.1) is 11.4 Å². The number of rotatable bonds is 6. The molecule has 0 fully saturated rings. The van der Waals surface area contributed by atoms with Crippen LogP contribution in [0.15, 0.2) is 200 Å². The summed E-state index contributed by atoms with van der Waals surface area (Å²) in [6, 6.07) is 76.5. The van der Waals surface area contributed by atoms with Crippen LogP contribution in [0, 0.1) is 0 Å². The predicted molar refractivity (Wildman–Crippen MR) is 317 cm³/mol. The molecule has 11 rings (SSSR count). The topological polar surface area (TPSA) is 6.48 Å². The Bertz CT molecular complexity index is 3200. The molecule has 0 amide bonds. The zero-order chi connectivity index (χ0) is 51.2. The summed E-state index contributed by atoms with van der Waals surface area (Å²) in [5, 5.41) is 0. The van der Waals surface area contributed by atoms with E-state index in [0.717, 1.165) is 0 Å². The molecule has 0 saturated heterocycles. The van der Waals surface area contributed by atoms with Crippen molar-refractivity contribution >= 4 is 57.2 Å². The monoisotopic (exact) mass is 949 g/mol. The third-order valence-corrected chi connectivity index (χ3v) is 15.5. The first kappa shape index (κ1) is 47.9. The van der Waals surface area contributed by atoms with Gasteiger partial charge in [-0.15, -0.1) is 0 Å². The van der Waals surface area contributed by atoms with Gasteiger partial charge in [-0.1, -0.05) is 259 Å². The van der Waals surface area contributed by atoms with Crippen LogP contribution in [0.3, 0.4) is 0 Å².